The summed E-state index contributed by atoms with van der Waals surface area (Å²) >= 11 is 12.8. The van der Waals surface area contributed by atoms with Crippen LogP contribution in [0.25, 0.3) is 0 Å². The maximum absolute atomic E-state index is 14.5. The highest BCUT2D eigenvalue weighted by Gasteiger charge is 2.49. The number of piperidine rings is 9. The number of hydrogen-bond acceptors (Lipinski definition) is 6. The first kappa shape index (κ1) is 51.9. The van der Waals surface area contributed by atoms with Gasteiger partial charge in [-0.3, -0.25) is 29.1 Å². The van der Waals surface area contributed by atoms with Gasteiger partial charge in [0.25, 0.3) is 0 Å². The van der Waals surface area contributed by atoms with Crippen molar-refractivity contribution in [2.75, 3.05) is 39.3 Å². The van der Waals surface area contributed by atoms with Gasteiger partial charge in [0.2, 0.25) is 0 Å². The molecule has 9 aliphatic rings. The van der Waals surface area contributed by atoms with Crippen LogP contribution in [0.1, 0.15) is 95.2 Å². The average Bonchev–Trinajstić information content (AvgIpc) is 3.42. The number of hydrogen-bond donors (Lipinski definition) is 0. The van der Waals surface area contributed by atoms with E-state index in [1.165, 1.54) is 24.3 Å². The number of carbonyl (C=O) groups is 3. The summed E-state index contributed by atoms with van der Waals surface area (Å²) in [6.07, 6.45) is 1.08. The van der Waals surface area contributed by atoms with E-state index in [1.807, 2.05) is 91.0 Å². The van der Waals surface area contributed by atoms with Crippen molar-refractivity contribution in [3.63, 3.8) is 0 Å². The van der Waals surface area contributed by atoms with Crippen molar-refractivity contribution >= 4 is 40.6 Å². The summed E-state index contributed by atoms with van der Waals surface area (Å²) in [5.41, 5.74) is 4.13. The Morgan fingerprint density at radius 1 is 0.432 bits per heavy atom. The Labute approximate surface area is 439 Å². The van der Waals surface area contributed by atoms with Gasteiger partial charge in [-0.1, -0.05) is 151 Å². The monoisotopic (exact) mass is 1050 g/mol. The number of fused-ring (bicyclic) bond motifs is 9. The third kappa shape index (κ3) is 10.7. The highest BCUT2D eigenvalue weighted by Crippen LogP contribution is 2.45. The molecule has 6 aromatic rings. The van der Waals surface area contributed by atoms with Crippen LogP contribution in [0.5, 0.6) is 0 Å². The largest absolute Gasteiger partial charge is 0.416 e. The van der Waals surface area contributed by atoms with E-state index in [0.717, 1.165) is 112 Å². The van der Waals surface area contributed by atoms with Crippen LogP contribution in [0, 0.1) is 29.4 Å². The van der Waals surface area contributed by atoms with E-state index in [2.05, 4.69) is 26.8 Å². The number of nitrogens with zero attached hydrogens (tertiary/aromatic N) is 3. The summed E-state index contributed by atoms with van der Waals surface area (Å²) in [6.45, 7) is 5.39. The molecule has 0 radical (unpaired) electrons. The fourth-order valence-corrected chi connectivity index (χ4v) is 13.2. The second-order valence-electron chi connectivity index (χ2n) is 20.6. The van der Waals surface area contributed by atoms with Crippen LogP contribution < -0.4 is 0 Å². The second-order valence-corrected chi connectivity index (χ2v) is 21.4. The molecule has 74 heavy (non-hydrogen) atoms. The van der Waals surface area contributed by atoms with Crippen LogP contribution >= 0.6 is 23.2 Å². The number of Topliss-reactive ketones (excluding diaryl/α,β-unsaturated/α-hetero) is 3. The Kier molecular flexibility index (Phi) is 15.7. The third-order valence-corrected chi connectivity index (χ3v) is 17.3. The first-order valence-electron chi connectivity index (χ1n) is 25.8. The predicted molar refractivity (Wildman–Crippen MR) is 278 cm³/mol. The van der Waals surface area contributed by atoms with Crippen molar-refractivity contribution < 1.29 is 36.3 Å². The summed E-state index contributed by atoms with van der Waals surface area (Å²) in [4.78, 5) is 45.6. The highest BCUT2D eigenvalue weighted by atomic mass is 35.5. The first-order chi connectivity index (χ1) is 35.8. The van der Waals surface area contributed by atoms with Crippen LogP contribution in [-0.4, -0.2) is 89.4 Å². The summed E-state index contributed by atoms with van der Waals surface area (Å²) in [6, 6.07) is 43.1. The molecule has 9 heterocycles. The molecule has 0 amide bonds. The van der Waals surface area contributed by atoms with Crippen molar-refractivity contribution in [1.82, 2.24) is 14.7 Å². The number of rotatable bonds is 9. The number of halogens is 7. The molecule has 6 atom stereocenters. The fraction of sp³-hybridized carbons (Fsp3) is 0.361. The fourth-order valence-electron chi connectivity index (χ4n) is 12.8. The lowest BCUT2D eigenvalue weighted by atomic mass is 9.73. The van der Waals surface area contributed by atoms with E-state index in [-0.39, 0.29) is 59.3 Å². The molecule has 13 heteroatoms. The lowest BCUT2D eigenvalue weighted by Crippen LogP contribution is -2.57. The lowest BCUT2D eigenvalue weighted by Gasteiger charge is -2.47. The maximum atomic E-state index is 14.5. The summed E-state index contributed by atoms with van der Waals surface area (Å²) in [5, 5.41) is 1.10. The summed E-state index contributed by atoms with van der Waals surface area (Å²) in [7, 11) is 0. The summed E-state index contributed by atoms with van der Waals surface area (Å²) in [5.74, 6) is -0.985. The number of benzene rings is 6. The van der Waals surface area contributed by atoms with Gasteiger partial charge in [0.05, 0.1) is 33.7 Å². The van der Waals surface area contributed by atoms with Gasteiger partial charge in [0, 0.05) is 41.6 Å². The smallest absolute Gasteiger partial charge is 0.298 e. The molecule has 9 fully saturated rings. The molecule has 9 saturated heterocycles. The minimum absolute atomic E-state index is 0.0435. The van der Waals surface area contributed by atoms with Gasteiger partial charge in [-0.05, 0) is 129 Å². The molecular weight excluding hydrogens is 989 g/mol. The Hall–Kier alpha value is -5.56. The quantitative estimate of drug-likeness (QED) is 0.135. The molecule has 6 aromatic carbocycles. The average molecular weight is 1050 g/mol. The standard InChI is InChI=1S/C21H20F3NO.C20H19Cl2NO.C20H19F2NO/c22-21(23,24)17-8-4-7-16(13-17)18(14-5-2-1-3-6-14)19-20(26)15-9-11-25(19)12-10-15;21-16-8-4-7-15(18(16)22)17(13-5-2-1-3-6-13)19-20(24)14-9-11-23(19)12-10-14;21-15-6-7-16(17(22)12-15)18(13-4-2-1-3-5-13)19-20(24)14-8-10-23(19)11-9-14/h1-8,13,15,18-19H,9-12H2;1-8,14,17,19H,9-12H2;1-7,12,14,18-19H,8-11H2. The Balaban J connectivity index is 0.000000127. The van der Waals surface area contributed by atoms with Gasteiger partial charge in [-0.25, -0.2) is 8.78 Å². The zero-order chi connectivity index (χ0) is 51.7. The first-order valence-corrected chi connectivity index (χ1v) is 26.6. The topological polar surface area (TPSA) is 60.9 Å². The number of carbonyl (C=O) groups excluding carboxylic acids is 3. The molecule has 6 bridgehead atoms. The van der Waals surface area contributed by atoms with Crippen molar-refractivity contribution in [1.29, 1.82) is 0 Å². The predicted octanol–water partition coefficient (Wildman–Crippen LogP) is 13.0. The molecule has 384 valence electrons. The van der Waals surface area contributed by atoms with Gasteiger partial charge in [0.15, 0.2) is 17.3 Å². The molecule has 0 N–H and O–H groups in total. The van der Waals surface area contributed by atoms with Crippen molar-refractivity contribution in [2.24, 2.45) is 17.8 Å². The minimum atomic E-state index is -4.40. The molecule has 15 rings (SSSR count). The SMILES string of the molecule is O=C1C2CCN(CC2)C1C(c1ccccc1)c1ccc(F)cc1F.O=C1C2CCN(CC2)C1C(c1ccccc1)c1cccc(C(F)(F)F)c1.O=C1C2CCN(CC2)C1C(c1ccccc1)c1cccc(Cl)c1Cl. The van der Waals surface area contributed by atoms with Crippen molar-refractivity contribution in [3.8, 4) is 0 Å². The van der Waals surface area contributed by atoms with Gasteiger partial charge in [0.1, 0.15) is 11.6 Å². The van der Waals surface area contributed by atoms with Crippen LogP contribution in [0.2, 0.25) is 10.0 Å². The zero-order valence-electron chi connectivity index (χ0n) is 40.8. The maximum Gasteiger partial charge on any atom is 0.416 e. The van der Waals surface area contributed by atoms with Gasteiger partial charge >= 0.3 is 6.18 Å². The van der Waals surface area contributed by atoms with Gasteiger partial charge < -0.3 is 0 Å². The number of ketones is 3. The second kappa shape index (κ2) is 22.3. The molecule has 6 nitrogen and oxygen atoms in total. The Morgan fingerprint density at radius 2 is 0.824 bits per heavy atom. The Bertz CT molecular complexity index is 2940. The normalized spacial score (nSPS) is 27.1. The molecule has 6 unspecified atom stereocenters. The van der Waals surface area contributed by atoms with Crippen LogP contribution in [0.3, 0.4) is 0 Å². The molecule has 0 aromatic heterocycles. The minimum Gasteiger partial charge on any atom is -0.298 e. The van der Waals surface area contributed by atoms with E-state index in [9.17, 15) is 36.3 Å². The number of alkyl halides is 3. The summed E-state index contributed by atoms with van der Waals surface area (Å²) < 4.78 is 67.6. The highest BCUT2D eigenvalue weighted by molar-refractivity contribution is 6.42. The Morgan fingerprint density at radius 3 is 1.24 bits per heavy atom. The van der Waals surface area contributed by atoms with Crippen LogP contribution in [0.4, 0.5) is 22.0 Å². The van der Waals surface area contributed by atoms with E-state index in [0.29, 0.717) is 27.0 Å². The van der Waals surface area contributed by atoms with E-state index in [4.69, 9.17) is 23.2 Å². The molecule has 0 saturated carbocycles. The van der Waals surface area contributed by atoms with Crippen molar-refractivity contribution in [2.45, 2.75) is 80.6 Å². The molecule has 0 spiro atoms. The lowest BCUT2D eigenvalue weighted by molar-refractivity contribution is -0.138. The molecule has 0 aliphatic carbocycles. The van der Waals surface area contributed by atoms with Crippen molar-refractivity contribution in [3.05, 3.63) is 212 Å². The van der Waals surface area contributed by atoms with E-state index in [1.54, 1.807) is 12.1 Å². The van der Waals surface area contributed by atoms with Gasteiger partial charge in [-0.15, -0.1) is 0 Å². The van der Waals surface area contributed by atoms with E-state index >= 15 is 0 Å². The molecular formula is C61H58Cl2F5N3O3. The van der Waals surface area contributed by atoms with Gasteiger partial charge in [-0.2, -0.15) is 13.2 Å². The zero-order valence-corrected chi connectivity index (χ0v) is 42.3. The van der Waals surface area contributed by atoms with Crippen LogP contribution in [-0.2, 0) is 20.6 Å². The van der Waals surface area contributed by atoms with E-state index < -0.39 is 29.3 Å². The molecule has 9 aliphatic heterocycles. The van der Waals surface area contributed by atoms with Crippen LogP contribution in [0.15, 0.2) is 152 Å². The third-order valence-electron chi connectivity index (χ3n) is 16.5.